The molecule has 0 fully saturated rings. The Bertz CT molecular complexity index is 5820. The minimum absolute atomic E-state index is 0.285. The number of aliphatic hydroxyl groups is 1. The van der Waals surface area contributed by atoms with Crippen molar-refractivity contribution >= 4 is 46.7 Å². The molecule has 0 aromatic heterocycles. The van der Waals surface area contributed by atoms with E-state index >= 15 is 0 Å². The summed E-state index contributed by atoms with van der Waals surface area (Å²) in [5, 5.41) is 19.6. The Morgan fingerprint density at radius 1 is 0.307 bits per heavy atom. The number of hydrogen-bond acceptors (Lipinski definition) is 8. The Morgan fingerprint density at radius 2 is 0.607 bits per heavy atom. The fourth-order valence-electron chi connectivity index (χ4n) is 13.0. The van der Waals surface area contributed by atoms with Crippen molar-refractivity contribution in [3.8, 4) is 23.3 Å². The summed E-state index contributed by atoms with van der Waals surface area (Å²) in [6.45, 7) is 58.4. The smallest absolute Gasteiger partial charge is 0.335 e. The number of nitrogens with zero attached hydrogens (tertiary/aromatic N) is 1. The van der Waals surface area contributed by atoms with Gasteiger partial charge in [-0.1, -0.05) is 491 Å². The van der Waals surface area contributed by atoms with Crippen LogP contribution in [0.2, 0.25) is 10.0 Å². The van der Waals surface area contributed by atoms with Gasteiger partial charge in [0.05, 0.1) is 57.9 Å². The maximum Gasteiger partial charge on any atom is 0.335 e. The number of hydrogen-bond donors (Lipinski definition) is 1. The molecule has 0 radical (unpaired) electrons. The molecule has 0 bridgehead atoms. The van der Waals surface area contributed by atoms with Crippen molar-refractivity contribution in [2.24, 2.45) is 0 Å². The highest BCUT2D eigenvalue weighted by atomic mass is 79.9. The quantitative estimate of drug-likeness (QED) is 0.0799. The molecule has 0 unspecified atom stereocenters. The summed E-state index contributed by atoms with van der Waals surface area (Å²) in [5.74, 6) is 2.81. The molecule has 0 aliphatic heterocycles. The van der Waals surface area contributed by atoms with Crippen LogP contribution in [0.3, 0.4) is 0 Å². The standard InChI is InChI=1S/C13H20.C12H19O3P.C11H16.C10H14O.C8H7N.3C8H10O.4C8H10.C7H7Br.2C7H7Cl.C7H8/c1-3-4-5-6-7-13-10-8-12(2)9-11-13;1-4-14-16(13,15-5-2)10-12-8-6-11(3)7-9-12;1-9-5-7-10(8-6-9)11(2,3)4;1-8-4-6-9(7-5-8)10(2,3)11;1-7-2-4-8(6-9)5-3-7;2*1-7-4-3-5-8(6-7)9-2;1-7-5-3-4-6-8(7)9-2;2*1-7-3-5-8(2)6-4-7;2*1-7-4-3-5-8(2)6-7;1-6-2-4-7(8)5-3-6;1-6-3-2-4-7(8)5-6;1-6-4-2-3-5-7(6)8;1-7-5-3-2-4-6-7/h8-11H,3-7H2,1-2H3;6-9H,4-5,10H2,1-3H3;5-8H,1-4H3;4-7,11H,1-3H3;2-5H,1H3;3*3-6H,1-2H3;4*3-6H,1-2H3;3*2-5H,1H3;2-6H,1H3. The van der Waals surface area contributed by atoms with Crippen molar-refractivity contribution in [3.05, 3.63) is 548 Å². The van der Waals surface area contributed by atoms with E-state index in [1.165, 1.54) is 149 Å². The van der Waals surface area contributed by atoms with E-state index < -0.39 is 13.2 Å². The first kappa shape index (κ1) is 136. The van der Waals surface area contributed by atoms with Crippen LogP contribution in [0.15, 0.2) is 399 Å². The molecule has 16 aromatic carbocycles. The highest BCUT2D eigenvalue weighted by Crippen LogP contribution is 2.51. The molecule has 0 amide bonds. The van der Waals surface area contributed by atoms with Crippen LogP contribution >= 0.6 is 46.7 Å². The summed E-state index contributed by atoms with van der Waals surface area (Å²) >= 11 is 14.7. The van der Waals surface area contributed by atoms with Gasteiger partial charge in [-0.05, 0) is 307 Å². The maximum absolute atomic E-state index is 12.2. The summed E-state index contributed by atoms with van der Waals surface area (Å²) in [4.78, 5) is 0. The number of benzene rings is 16. The minimum atomic E-state index is -2.96. The molecule has 0 saturated carbocycles. The van der Waals surface area contributed by atoms with Crippen LogP contribution in [-0.2, 0) is 37.2 Å². The van der Waals surface area contributed by atoms with E-state index in [9.17, 15) is 9.67 Å². The molecule has 0 spiro atoms. The van der Waals surface area contributed by atoms with Crippen LogP contribution in [0.25, 0.3) is 0 Å². The van der Waals surface area contributed by atoms with Gasteiger partial charge in [0.1, 0.15) is 17.2 Å². The number of halogens is 3. The van der Waals surface area contributed by atoms with Gasteiger partial charge in [0.2, 0.25) is 0 Å². The number of methoxy groups -OCH3 is 3. The second kappa shape index (κ2) is 79.6. The first-order valence-corrected chi connectivity index (χ1v) is 54.9. The summed E-state index contributed by atoms with van der Waals surface area (Å²) in [5.41, 5.74) is 30.7. The van der Waals surface area contributed by atoms with E-state index in [4.69, 9.17) is 51.7 Å². The number of nitriles is 1. The lowest BCUT2D eigenvalue weighted by atomic mass is 9.87. The number of unbranched alkanes of at least 4 members (excludes halogenated alkanes) is 3. The first-order chi connectivity index (χ1) is 71.2. The van der Waals surface area contributed by atoms with Gasteiger partial charge in [0.15, 0.2) is 0 Å². The molecule has 16 rings (SSSR count). The molecule has 150 heavy (non-hydrogen) atoms. The topological polar surface area (TPSA) is 107 Å². The fourth-order valence-corrected chi connectivity index (χ4v) is 15.3. The normalized spacial score (nSPS) is 9.85. The van der Waals surface area contributed by atoms with Crippen molar-refractivity contribution in [1.29, 1.82) is 5.26 Å². The lowest BCUT2D eigenvalue weighted by Crippen LogP contribution is -2.14. The second-order valence-electron chi connectivity index (χ2n) is 38.5. The molecule has 0 saturated heterocycles. The summed E-state index contributed by atoms with van der Waals surface area (Å²) in [7, 11) is 2.08. The Morgan fingerprint density at radius 3 is 0.867 bits per heavy atom. The molecule has 16 aromatic rings. The van der Waals surface area contributed by atoms with Crippen molar-refractivity contribution in [3.63, 3.8) is 0 Å². The Hall–Kier alpha value is -12.4. The highest BCUT2D eigenvalue weighted by molar-refractivity contribution is 9.10. The zero-order chi connectivity index (χ0) is 112. The molecule has 0 aliphatic carbocycles. The van der Waals surface area contributed by atoms with E-state index in [0.29, 0.717) is 19.4 Å². The Labute approximate surface area is 926 Å². The molecule has 1 N–H and O–H groups in total. The Balaban J connectivity index is 0.000000803. The monoisotopic (exact) mass is 2140 g/mol. The van der Waals surface area contributed by atoms with E-state index in [2.05, 4.69) is 303 Å². The van der Waals surface area contributed by atoms with Crippen LogP contribution in [-0.4, -0.2) is 39.6 Å². The van der Waals surface area contributed by atoms with Crippen molar-refractivity contribution in [2.75, 3.05) is 34.5 Å². The van der Waals surface area contributed by atoms with E-state index in [0.717, 1.165) is 54.0 Å². The van der Waals surface area contributed by atoms with Gasteiger partial charge in [-0.25, -0.2) is 0 Å². The van der Waals surface area contributed by atoms with Crippen LogP contribution < -0.4 is 14.2 Å². The molecular formula is C138H175BrCl2NO7P. The average molecular weight is 2140 g/mol. The van der Waals surface area contributed by atoms with Crippen LogP contribution in [0, 0.1) is 150 Å². The third kappa shape index (κ3) is 70.5. The van der Waals surface area contributed by atoms with Gasteiger partial charge >= 0.3 is 7.60 Å². The van der Waals surface area contributed by atoms with Gasteiger partial charge in [-0.15, -0.1) is 0 Å². The van der Waals surface area contributed by atoms with Crippen molar-refractivity contribution in [2.45, 2.75) is 243 Å². The van der Waals surface area contributed by atoms with Crippen molar-refractivity contribution < 1.29 is 32.9 Å². The fraction of sp³-hybridized carbons (Fsp3) is 0.297. The zero-order valence-corrected chi connectivity index (χ0v) is 100. The number of para-hydroxylation sites is 1. The van der Waals surface area contributed by atoms with Gasteiger partial charge in [0.25, 0.3) is 0 Å². The molecule has 800 valence electrons. The lowest BCUT2D eigenvalue weighted by Gasteiger charge is -2.18. The first-order valence-electron chi connectivity index (χ1n) is 51.6. The largest absolute Gasteiger partial charge is 0.497 e. The summed E-state index contributed by atoms with van der Waals surface area (Å²) < 4.78 is 38.9. The van der Waals surface area contributed by atoms with Crippen LogP contribution in [0.1, 0.15) is 220 Å². The maximum atomic E-state index is 12.2. The second-order valence-corrected chi connectivity index (χ2v) is 42.4. The molecule has 12 heteroatoms. The number of aryl methyl sites for hydroxylation is 21. The molecule has 0 heterocycles. The van der Waals surface area contributed by atoms with Crippen LogP contribution in [0.4, 0.5) is 0 Å². The summed E-state index contributed by atoms with van der Waals surface area (Å²) in [6.07, 6.45) is 7.02. The number of ether oxygens (including phenoxy) is 3. The summed E-state index contributed by atoms with van der Waals surface area (Å²) in [6, 6.07) is 135. The van der Waals surface area contributed by atoms with Gasteiger partial charge in [0, 0.05) is 14.5 Å². The molecule has 8 nitrogen and oxygen atoms in total. The predicted octanol–water partition coefficient (Wildman–Crippen LogP) is 40.5. The van der Waals surface area contributed by atoms with Crippen molar-refractivity contribution in [1.82, 2.24) is 0 Å². The number of rotatable bonds is 15. The molecular weight excluding hydrogens is 1970 g/mol. The van der Waals surface area contributed by atoms with E-state index in [1.54, 1.807) is 35.2 Å². The lowest BCUT2D eigenvalue weighted by molar-refractivity contribution is 0.0786. The SMILES string of the molecule is CCCCCCc1ccc(C)cc1.CCOP(=O)(Cc1ccc(C)cc1)OCC.COc1cccc(C)c1.COc1cccc(C)c1.COc1ccccc1C.Cc1ccc(Br)cc1.Cc1ccc(C#N)cc1.Cc1ccc(C(C)(C)C)cc1.Cc1ccc(C(C)(C)O)cc1.Cc1ccc(C)cc1.Cc1ccc(C)cc1.Cc1cccc(C)c1.Cc1cccc(C)c1.Cc1cccc(Cl)c1.Cc1ccccc1.Cc1ccccc1Cl. The highest BCUT2D eigenvalue weighted by Gasteiger charge is 2.24. The zero-order valence-electron chi connectivity index (χ0n) is 96.1. The van der Waals surface area contributed by atoms with Gasteiger partial charge < -0.3 is 28.4 Å². The van der Waals surface area contributed by atoms with Gasteiger partial charge in [-0.3, -0.25) is 4.57 Å². The molecule has 0 atom stereocenters. The van der Waals surface area contributed by atoms with Gasteiger partial charge in [-0.2, -0.15) is 5.26 Å². The minimum Gasteiger partial charge on any atom is -0.497 e. The molecule has 0 aliphatic rings. The van der Waals surface area contributed by atoms with E-state index in [-0.39, 0.29) is 5.41 Å². The predicted molar refractivity (Wildman–Crippen MR) is 656 cm³/mol. The third-order valence-corrected chi connectivity index (χ3v) is 25.2. The van der Waals surface area contributed by atoms with Crippen LogP contribution in [0.5, 0.6) is 17.2 Å². The third-order valence-electron chi connectivity index (χ3n) is 22.0. The average Bonchev–Trinajstić information content (AvgIpc) is 0.866. The van der Waals surface area contributed by atoms with E-state index in [1.807, 2.05) is 294 Å². The Kier molecular flexibility index (Phi) is 72.0.